The molecule has 0 saturated carbocycles. The van der Waals surface area contributed by atoms with Crippen molar-refractivity contribution < 1.29 is 4.79 Å². The summed E-state index contributed by atoms with van der Waals surface area (Å²) >= 11 is 0. The van der Waals surface area contributed by atoms with Crippen molar-refractivity contribution in [3.63, 3.8) is 0 Å². The number of carbonyl (C=O) groups is 1. The van der Waals surface area contributed by atoms with Crippen molar-refractivity contribution in [1.82, 2.24) is 0 Å². The Morgan fingerprint density at radius 1 is 1.56 bits per heavy atom. The molecule has 0 aromatic heterocycles. The maximum absolute atomic E-state index is 11.0. The zero-order chi connectivity index (χ0) is 7.49. The van der Waals surface area contributed by atoms with Gasteiger partial charge in [-0.3, -0.25) is 4.79 Å². The van der Waals surface area contributed by atoms with Crippen LogP contribution in [0.1, 0.15) is 27.2 Å². The van der Waals surface area contributed by atoms with Crippen molar-refractivity contribution in [1.29, 1.82) is 0 Å². The third kappa shape index (κ3) is 3.07. The first-order valence-electron chi connectivity index (χ1n) is 3.12. The van der Waals surface area contributed by atoms with Crippen molar-refractivity contribution in [3.05, 3.63) is 12.7 Å². The Morgan fingerprint density at radius 3 is 2.11 bits per heavy atom. The molecule has 0 radical (unpaired) electrons. The lowest BCUT2D eigenvalue weighted by molar-refractivity contribution is -0.125. The molecule has 0 spiro atoms. The van der Waals surface area contributed by atoms with Gasteiger partial charge < -0.3 is 0 Å². The van der Waals surface area contributed by atoms with Gasteiger partial charge in [-0.2, -0.15) is 0 Å². The van der Waals surface area contributed by atoms with Gasteiger partial charge in [-0.05, 0) is 0 Å². The number of hydrogen-bond acceptors (Lipinski definition) is 1. The van der Waals surface area contributed by atoms with Gasteiger partial charge >= 0.3 is 0 Å². The molecule has 0 aromatic carbocycles. The van der Waals surface area contributed by atoms with Crippen molar-refractivity contribution in [3.8, 4) is 0 Å². The van der Waals surface area contributed by atoms with Gasteiger partial charge in [0, 0.05) is 11.8 Å². The minimum Gasteiger partial charge on any atom is -0.299 e. The average molecular weight is 126 g/mol. The summed E-state index contributed by atoms with van der Waals surface area (Å²) in [6, 6.07) is 0. The van der Waals surface area contributed by atoms with Crippen LogP contribution in [0.4, 0.5) is 0 Å². The minimum absolute atomic E-state index is 0.200. The highest BCUT2D eigenvalue weighted by Crippen LogP contribution is 2.16. The highest BCUT2D eigenvalue weighted by Gasteiger charge is 2.18. The van der Waals surface area contributed by atoms with Gasteiger partial charge in [-0.25, -0.2) is 0 Å². The normalized spacial score (nSPS) is 11.0. The zero-order valence-corrected chi connectivity index (χ0v) is 6.40. The summed E-state index contributed by atoms with van der Waals surface area (Å²) in [5.41, 5.74) is -0.200. The molecule has 0 heterocycles. The monoisotopic (exact) mass is 126 g/mol. The number of ketones is 1. The maximum atomic E-state index is 11.0. The lowest BCUT2D eigenvalue weighted by Gasteiger charge is -2.14. The van der Waals surface area contributed by atoms with E-state index in [1.54, 1.807) is 6.08 Å². The molecule has 0 atom stereocenters. The fourth-order valence-corrected chi connectivity index (χ4v) is 0.437. The fraction of sp³-hybridized carbons (Fsp3) is 0.625. The molecule has 0 N–H and O–H groups in total. The van der Waals surface area contributed by atoms with Crippen LogP contribution in [0.2, 0.25) is 0 Å². The van der Waals surface area contributed by atoms with E-state index < -0.39 is 0 Å². The van der Waals surface area contributed by atoms with Crippen LogP contribution in [0.3, 0.4) is 0 Å². The van der Waals surface area contributed by atoms with Gasteiger partial charge in [0.05, 0.1) is 0 Å². The molecule has 0 fully saturated rings. The molecule has 0 rings (SSSR count). The molecule has 0 unspecified atom stereocenters. The van der Waals surface area contributed by atoms with Gasteiger partial charge in [0.1, 0.15) is 5.78 Å². The van der Waals surface area contributed by atoms with E-state index in [4.69, 9.17) is 0 Å². The highest BCUT2D eigenvalue weighted by atomic mass is 16.1. The van der Waals surface area contributed by atoms with Gasteiger partial charge in [0.15, 0.2) is 0 Å². The zero-order valence-electron chi connectivity index (χ0n) is 6.40. The number of allylic oxidation sites excluding steroid dienone is 1. The van der Waals surface area contributed by atoms with E-state index in [1.807, 2.05) is 20.8 Å². The van der Waals surface area contributed by atoms with Gasteiger partial charge in [-0.15, -0.1) is 6.58 Å². The first-order valence-corrected chi connectivity index (χ1v) is 3.12. The smallest absolute Gasteiger partial charge is 0.141 e. The maximum Gasteiger partial charge on any atom is 0.141 e. The molecule has 0 aliphatic heterocycles. The summed E-state index contributed by atoms with van der Waals surface area (Å²) in [5, 5.41) is 0. The van der Waals surface area contributed by atoms with Crippen LogP contribution in [0.15, 0.2) is 12.7 Å². The van der Waals surface area contributed by atoms with Crippen molar-refractivity contribution >= 4 is 5.78 Å². The Hall–Kier alpha value is -0.590. The molecule has 0 aromatic rings. The number of rotatable bonds is 2. The van der Waals surface area contributed by atoms with Crippen molar-refractivity contribution in [2.45, 2.75) is 27.2 Å². The highest BCUT2D eigenvalue weighted by molar-refractivity contribution is 5.84. The standard InChI is InChI=1S/C8H14O/c1-5-6-7(9)8(2,3)4/h5H,1,6H2,2-4H3. The molecule has 0 saturated heterocycles. The Labute approximate surface area is 56.8 Å². The van der Waals surface area contributed by atoms with Gasteiger partial charge in [0.2, 0.25) is 0 Å². The summed E-state index contributed by atoms with van der Waals surface area (Å²) in [6.45, 7) is 9.24. The van der Waals surface area contributed by atoms with E-state index in [0.717, 1.165) is 0 Å². The first kappa shape index (κ1) is 8.41. The Balaban J connectivity index is 3.88. The SMILES string of the molecule is C=CCC(=O)C(C)(C)C. The third-order valence-electron chi connectivity index (χ3n) is 1.17. The lowest BCUT2D eigenvalue weighted by atomic mass is 9.89. The molecular weight excluding hydrogens is 112 g/mol. The largest absolute Gasteiger partial charge is 0.299 e. The van der Waals surface area contributed by atoms with E-state index in [0.29, 0.717) is 6.42 Å². The summed E-state index contributed by atoms with van der Waals surface area (Å²) in [4.78, 5) is 11.0. The predicted octanol–water partition coefficient (Wildman–Crippen LogP) is 2.18. The molecule has 52 valence electrons. The average Bonchev–Trinajstić information content (AvgIpc) is 1.64. The molecule has 0 aliphatic carbocycles. The predicted molar refractivity (Wildman–Crippen MR) is 39.3 cm³/mol. The quantitative estimate of drug-likeness (QED) is 0.518. The number of carbonyl (C=O) groups excluding carboxylic acids is 1. The third-order valence-corrected chi connectivity index (χ3v) is 1.17. The molecule has 0 amide bonds. The Kier molecular flexibility index (Phi) is 2.63. The van der Waals surface area contributed by atoms with E-state index >= 15 is 0 Å². The van der Waals surface area contributed by atoms with Crippen LogP contribution in [-0.2, 0) is 4.79 Å². The second kappa shape index (κ2) is 2.81. The van der Waals surface area contributed by atoms with Crippen LogP contribution in [0.25, 0.3) is 0 Å². The van der Waals surface area contributed by atoms with E-state index in [-0.39, 0.29) is 11.2 Å². The fourth-order valence-electron chi connectivity index (χ4n) is 0.437. The molecule has 0 aliphatic rings. The Morgan fingerprint density at radius 2 is 2.00 bits per heavy atom. The molecule has 1 nitrogen and oxygen atoms in total. The molecular formula is C8H14O. The van der Waals surface area contributed by atoms with Crippen LogP contribution in [-0.4, -0.2) is 5.78 Å². The molecule has 1 heteroatoms. The van der Waals surface area contributed by atoms with E-state index in [9.17, 15) is 4.79 Å². The summed E-state index contributed by atoms with van der Waals surface area (Å²) < 4.78 is 0. The molecule has 0 bridgehead atoms. The van der Waals surface area contributed by atoms with E-state index in [1.165, 1.54) is 0 Å². The first-order chi connectivity index (χ1) is 3.98. The van der Waals surface area contributed by atoms with Crippen LogP contribution >= 0.6 is 0 Å². The van der Waals surface area contributed by atoms with Crippen LogP contribution in [0, 0.1) is 5.41 Å². The lowest BCUT2D eigenvalue weighted by Crippen LogP contribution is -2.18. The summed E-state index contributed by atoms with van der Waals surface area (Å²) in [6.07, 6.45) is 2.14. The van der Waals surface area contributed by atoms with Crippen molar-refractivity contribution in [2.24, 2.45) is 5.41 Å². The number of hydrogen-bond donors (Lipinski definition) is 0. The minimum atomic E-state index is -0.200. The molecule has 9 heavy (non-hydrogen) atoms. The van der Waals surface area contributed by atoms with Crippen molar-refractivity contribution in [2.75, 3.05) is 0 Å². The topological polar surface area (TPSA) is 17.1 Å². The Bertz CT molecular complexity index is 117. The van der Waals surface area contributed by atoms with Gasteiger partial charge in [-0.1, -0.05) is 26.8 Å². The summed E-state index contributed by atoms with van der Waals surface area (Å²) in [7, 11) is 0. The number of Topliss-reactive ketones (excluding diaryl/α,β-unsaturated/α-hetero) is 1. The second-order valence-corrected chi connectivity index (χ2v) is 3.17. The van der Waals surface area contributed by atoms with Crippen LogP contribution in [0.5, 0.6) is 0 Å². The second-order valence-electron chi connectivity index (χ2n) is 3.17. The summed E-state index contributed by atoms with van der Waals surface area (Å²) in [5.74, 6) is 0.248. The van der Waals surface area contributed by atoms with Crippen LogP contribution < -0.4 is 0 Å². The van der Waals surface area contributed by atoms with E-state index in [2.05, 4.69) is 6.58 Å². The van der Waals surface area contributed by atoms with Gasteiger partial charge in [0.25, 0.3) is 0 Å².